The van der Waals surface area contributed by atoms with Crippen molar-refractivity contribution in [2.75, 3.05) is 0 Å². The number of hydrogen-bond acceptors (Lipinski definition) is 2. The first-order valence-corrected chi connectivity index (χ1v) is 5.21. The molecule has 0 aromatic carbocycles. The number of hydrogen-bond donors (Lipinski definition) is 1. The van der Waals surface area contributed by atoms with Gasteiger partial charge in [0.1, 0.15) is 5.82 Å². The summed E-state index contributed by atoms with van der Waals surface area (Å²) in [7, 11) is 0. The van der Waals surface area contributed by atoms with Crippen LogP contribution in [-0.2, 0) is 6.42 Å². The Balaban J connectivity index is 2.38. The van der Waals surface area contributed by atoms with E-state index in [1.165, 1.54) is 0 Å². The maximum Gasteiger partial charge on any atom is 0.139 e. The lowest BCUT2D eigenvalue weighted by Crippen LogP contribution is -2.00. The largest absolute Gasteiger partial charge is 0.345 e. The molecule has 0 aliphatic rings. The second-order valence-electron chi connectivity index (χ2n) is 4.03. The molecule has 0 aliphatic carbocycles. The molecule has 2 aromatic heterocycles. The summed E-state index contributed by atoms with van der Waals surface area (Å²) < 4.78 is 0. The van der Waals surface area contributed by atoms with Gasteiger partial charge in [-0.2, -0.15) is 0 Å². The second kappa shape index (κ2) is 4.26. The summed E-state index contributed by atoms with van der Waals surface area (Å²) >= 11 is 0. The molecule has 0 atom stereocenters. The average Bonchev–Trinajstić information content (AvgIpc) is 2.70. The molecule has 15 heavy (non-hydrogen) atoms. The number of aromatic amines is 1. The smallest absolute Gasteiger partial charge is 0.139 e. The van der Waals surface area contributed by atoms with Crippen LogP contribution in [0.4, 0.5) is 0 Å². The van der Waals surface area contributed by atoms with E-state index in [4.69, 9.17) is 0 Å². The molecule has 0 bridgehead atoms. The van der Waals surface area contributed by atoms with Gasteiger partial charge in [-0.3, -0.25) is 4.98 Å². The highest BCUT2D eigenvalue weighted by atomic mass is 14.9. The van der Waals surface area contributed by atoms with Crippen molar-refractivity contribution in [3.8, 4) is 11.4 Å². The zero-order valence-electron chi connectivity index (χ0n) is 9.07. The molecule has 0 fully saturated rings. The van der Waals surface area contributed by atoms with Crippen molar-refractivity contribution in [3.05, 3.63) is 36.4 Å². The van der Waals surface area contributed by atoms with Crippen LogP contribution >= 0.6 is 0 Å². The van der Waals surface area contributed by atoms with Crippen LogP contribution in [0.25, 0.3) is 11.4 Å². The highest BCUT2D eigenvalue weighted by Crippen LogP contribution is 2.20. The topological polar surface area (TPSA) is 41.6 Å². The molecule has 0 spiro atoms. The summed E-state index contributed by atoms with van der Waals surface area (Å²) in [6.45, 7) is 4.39. The van der Waals surface area contributed by atoms with Gasteiger partial charge in [0.25, 0.3) is 0 Å². The number of imidazole rings is 1. The lowest BCUT2D eigenvalue weighted by molar-refractivity contribution is 0.636. The minimum Gasteiger partial charge on any atom is -0.345 e. The van der Waals surface area contributed by atoms with Crippen LogP contribution in [0, 0.1) is 5.92 Å². The van der Waals surface area contributed by atoms with Crippen LogP contribution in [0.3, 0.4) is 0 Å². The fraction of sp³-hybridized carbons (Fsp3) is 0.333. The Labute approximate surface area is 89.6 Å². The molecule has 0 saturated carbocycles. The van der Waals surface area contributed by atoms with Gasteiger partial charge in [0.15, 0.2) is 0 Å². The standard InChI is InChI=1S/C12H15N3/c1-9(2)8-11-10(4-3-5-13-11)12-14-6-7-15-12/h3-7,9H,8H2,1-2H3,(H,14,15). The monoisotopic (exact) mass is 201 g/mol. The first-order valence-electron chi connectivity index (χ1n) is 5.21. The minimum atomic E-state index is 0.605. The number of nitrogens with zero attached hydrogens (tertiary/aromatic N) is 2. The van der Waals surface area contributed by atoms with E-state index in [9.17, 15) is 0 Å². The second-order valence-corrected chi connectivity index (χ2v) is 4.03. The Morgan fingerprint density at radius 3 is 2.80 bits per heavy atom. The van der Waals surface area contributed by atoms with Gasteiger partial charge in [0.2, 0.25) is 0 Å². The Bertz CT molecular complexity index is 418. The van der Waals surface area contributed by atoms with Crippen molar-refractivity contribution in [3.63, 3.8) is 0 Å². The molecular formula is C12H15N3. The van der Waals surface area contributed by atoms with E-state index in [2.05, 4.69) is 34.9 Å². The van der Waals surface area contributed by atoms with Crippen LogP contribution in [0.1, 0.15) is 19.5 Å². The van der Waals surface area contributed by atoms with Gasteiger partial charge in [-0.1, -0.05) is 13.8 Å². The SMILES string of the molecule is CC(C)Cc1ncccc1-c1ncc[nH]1. The molecule has 2 aromatic rings. The van der Waals surface area contributed by atoms with Gasteiger partial charge in [0.05, 0.1) is 5.69 Å². The molecule has 0 unspecified atom stereocenters. The lowest BCUT2D eigenvalue weighted by atomic mass is 10.0. The number of nitrogens with one attached hydrogen (secondary N) is 1. The first-order chi connectivity index (χ1) is 7.27. The molecule has 0 amide bonds. The Morgan fingerprint density at radius 1 is 1.27 bits per heavy atom. The van der Waals surface area contributed by atoms with Crippen LogP contribution in [0.2, 0.25) is 0 Å². The molecule has 0 aliphatic heterocycles. The Kier molecular flexibility index (Phi) is 2.81. The van der Waals surface area contributed by atoms with E-state index in [1.54, 1.807) is 6.20 Å². The predicted molar refractivity (Wildman–Crippen MR) is 60.4 cm³/mol. The quantitative estimate of drug-likeness (QED) is 0.829. The third-order valence-electron chi connectivity index (χ3n) is 2.25. The molecule has 1 N–H and O–H groups in total. The Morgan fingerprint density at radius 2 is 2.13 bits per heavy atom. The van der Waals surface area contributed by atoms with E-state index < -0.39 is 0 Å². The normalized spacial score (nSPS) is 10.9. The van der Waals surface area contributed by atoms with E-state index in [0.29, 0.717) is 5.92 Å². The van der Waals surface area contributed by atoms with Crippen molar-refractivity contribution in [1.29, 1.82) is 0 Å². The van der Waals surface area contributed by atoms with Crippen LogP contribution < -0.4 is 0 Å². The lowest BCUT2D eigenvalue weighted by Gasteiger charge is -2.08. The van der Waals surface area contributed by atoms with Gasteiger partial charge in [-0.25, -0.2) is 4.98 Å². The average molecular weight is 201 g/mol. The third-order valence-corrected chi connectivity index (χ3v) is 2.25. The highest BCUT2D eigenvalue weighted by molar-refractivity contribution is 5.57. The summed E-state index contributed by atoms with van der Waals surface area (Å²) in [5, 5.41) is 0. The summed E-state index contributed by atoms with van der Waals surface area (Å²) in [4.78, 5) is 11.8. The molecule has 78 valence electrons. The van der Waals surface area contributed by atoms with Crippen molar-refractivity contribution in [2.24, 2.45) is 5.92 Å². The van der Waals surface area contributed by atoms with Crippen molar-refractivity contribution >= 4 is 0 Å². The molecule has 3 heteroatoms. The number of H-pyrrole nitrogens is 1. The van der Waals surface area contributed by atoms with E-state index in [0.717, 1.165) is 23.5 Å². The zero-order valence-corrected chi connectivity index (χ0v) is 9.07. The van der Waals surface area contributed by atoms with E-state index in [1.807, 2.05) is 18.5 Å². The summed E-state index contributed by atoms with van der Waals surface area (Å²) in [6, 6.07) is 4.01. The zero-order chi connectivity index (χ0) is 10.7. The first kappa shape index (κ1) is 9.90. The van der Waals surface area contributed by atoms with Gasteiger partial charge >= 0.3 is 0 Å². The molecule has 0 radical (unpaired) electrons. The minimum absolute atomic E-state index is 0.605. The summed E-state index contributed by atoms with van der Waals surface area (Å²) in [6.07, 6.45) is 6.42. The fourth-order valence-corrected chi connectivity index (χ4v) is 1.62. The molecule has 2 heterocycles. The predicted octanol–water partition coefficient (Wildman–Crippen LogP) is 2.67. The number of pyridine rings is 1. The number of aromatic nitrogens is 3. The van der Waals surface area contributed by atoms with Gasteiger partial charge < -0.3 is 4.98 Å². The third kappa shape index (κ3) is 2.24. The summed E-state index contributed by atoms with van der Waals surface area (Å²) in [5.74, 6) is 1.51. The molecule has 3 nitrogen and oxygen atoms in total. The fourth-order valence-electron chi connectivity index (χ4n) is 1.62. The van der Waals surface area contributed by atoms with Gasteiger partial charge in [-0.15, -0.1) is 0 Å². The van der Waals surface area contributed by atoms with Crippen molar-refractivity contribution in [1.82, 2.24) is 15.0 Å². The van der Waals surface area contributed by atoms with Crippen LogP contribution in [-0.4, -0.2) is 15.0 Å². The molecular weight excluding hydrogens is 186 g/mol. The van der Waals surface area contributed by atoms with Gasteiger partial charge in [0, 0.05) is 24.2 Å². The maximum absolute atomic E-state index is 4.41. The number of rotatable bonds is 3. The van der Waals surface area contributed by atoms with E-state index in [-0.39, 0.29) is 0 Å². The molecule has 2 rings (SSSR count). The van der Waals surface area contributed by atoms with Crippen LogP contribution in [0.15, 0.2) is 30.7 Å². The Hall–Kier alpha value is -1.64. The van der Waals surface area contributed by atoms with Crippen molar-refractivity contribution in [2.45, 2.75) is 20.3 Å². The van der Waals surface area contributed by atoms with E-state index >= 15 is 0 Å². The molecule has 0 saturated heterocycles. The maximum atomic E-state index is 4.41. The van der Waals surface area contributed by atoms with Gasteiger partial charge in [-0.05, 0) is 24.5 Å². The summed E-state index contributed by atoms with van der Waals surface area (Å²) in [5.41, 5.74) is 2.22. The highest BCUT2D eigenvalue weighted by Gasteiger charge is 2.08. The van der Waals surface area contributed by atoms with Crippen molar-refractivity contribution < 1.29 is 0 Å². The van der Waals surface area contributed by atoms with Crippen LogP contribution in [0.5, 0.6) is 0 Å².